The lowest BCUT2D eigenvalue weighted by atomic mass is 9.94. The highest BCUT2D eigenvalue weighted by atomic mass is 79.9. The van der Waals surface area contributed by atoms with E-state index in [-0.39, 0.29) is 11.9 Å². The van der Waals surface area contributed by atoms with E-state index in [1.54, 1.807) is 7.11 Å². The van der Waals surface area contributed by atoms with E-state index >= 15 is 0 Å². The van der Waals surface area contributed by atoms with Crippen LogP contribution in [0.4, 0.5) is 5.69 Å². The molecule has 2 N–H and O–H groups in total. The number of hydrogen-bond donors (Lipinski definition) is 2. The van der Waals surface area contributed by atoms with Gasteiger partial charge in [-0.15, -0.1) is 0 Å². The molecule has 1 fully saturated rings. The number of thiocarbonyl (C=S) groups is 1. The lowest BCUT2D eigenvalue weighted by Gasteiger charge is -2.38. The molecule has 1 aliphatic carbocycles. The van der Waals surface area contributed by atoms with Gasteiger partial charge in [0.25, 0.3) is 5.91 Å². The van der Waals surface area contributed by atoms with Crippen LogP contribution in [0.5, 0.6) is 5.75 Å². The number of nitrogens with one attached hydrogen (secondary N) is 2. The van der Waals surface area contributed by atoms with Gasteiger partial charge in [-0.1, -0.05) is 40.2 Å². The molecule has 2 aromatic carbocycles. The molecule has 0 bridgehead atoms. The SMILES string of the molecule is COc1ccccc1NC(=O)C1=C(C)N(C2CC2)C(=S)NC1c1ccc(Br)cc1. The zero-order valence-corrected chi connectivity index (χ0v) is 18.6. The lowest BCUT2D eigenvalue weighted by Crippen LogP contribution is -2.49. The number of benzene rings is 2. The van der Waals surface area contributed by atoms with E-state index in [1.807, 2.05) is 55.5 Å². The largest absolute Gasteiger partial charge is 0.495 e. The predicted octanol–water partition coefficient (Wildman–Crippen LogP) is 4.76. The van der Waals surface area contributed by atoms with Gasteiger partial charge < -0.3 is 20.3 Å². The minimum Gasteiger partial charge on any atom is -0.495 e. The van der Waals surface area contributed by atoms with E-state index in [0.29, 0.717) is 28.2 Å². The van der Waals surface area contributed by atoms with Gasteiger partial charge in [-0.25, -0.2) is 0 Å². The Labute approximate surface area is 184 Å². The molecule has 1 atom stereocenters. The number of rotatable bonds is 5. The van der Waals surface area contributed by atoms with E-state index in [2.05, 4.69) is 31.5 Å². The zero-order valence-electron chi connectivity index (χ0n) is 16.2. The Morgan fingerprint density at radius 3 is 2.55 bits per heavy atom. The molecule has 5 nitrogen and oxygen atoms in total. The lowest BCUT2D eigenvalue weighted by molar-refractivity contribution is -0.113. The van der Waals surface area contributed by atoms with Crippen LogP contribution in [0.15, 0.2) is 64.3 Å². The topological polar surface area (TPSA) is 53.6 Å². The molecule has 0 spiro atoms. The van der Waals surface area contributed by atoms with Gasteiger partial charge in [0, 0.05) is 16.2 Å². The first-order valence-electron chi connectivity index (χ1n) is 9.50. The van der Waals surface area contributed by atoms with Crippen molar-refractivity contribution in [2.75, 3.05) is 12.4 Å². The number of carbonyl (C=O) groups excluding carboxylic acids is 1. The van der Waals surface area contributed by atoms with Crippen LogP contribution in [0.2, 0.25) is 0 Å². The molecule has 1 aliphatic heterocycles. The Morgan fingerprint density at radius 1 is 1.21 bits per heavy atom. The summed E-state index contributed by atoms with van der Waals surface area (Å²) < 4.78 is 6.37. The first-order valence-corrected chi connectivity index (χ1v) is 10.7. The third-order valence-electron chi connectivity index (χ3n) is 5.24. The summed E-state index contributed by atoms with van der Waals surface area (Å²) >= 11 is 9.13. The number of anilines is 1. The van der Waals surface area contributed by atoms with Crippen LogP contribution in [0, 0.1) is 0 Å². The first kappa shape index (κ1) is 19.9. The Balaban J connectivity index is 1.74. The fourth-order valence-corrected chi connectivity index (χ4v) is 4.33. The fraction of sp³-hybridized carbons (Fsp3) is 0.273. The quantitative estimate of drug-likeness (QED) is 0.615. The maximum atomic E-state index is 13.4. The summed E-state index contributed by atoms with van der Waals surface area (Å²) in [7, 11) is 1.59. The van der Waals surface area contributed by atoms with E-state index < -0.39 is 0 Å². The van der Waals surface area contributed by atoms with Crippen molar-refractivity contribution in [3.63, 3.8) is 0 Å². The molecule has 0 saturated heterocycles. The summed E-state index contributed by atoms with van der Waals surface area (Å²) in [5.74, 6) is 0.457. The van der Waals surface area contributed by atoms with Gasteiger partial charge in [-0.05, 0) is 61.8 Å². The highest BCUT2D eigenvalue weighted by Gasteiger charge is 2.40. The normalized spacial score (nSPS) is 19.1. The van der Waals surface area contributed by atoms with Gasteiger partial charge in [0.15, 0.2) is 5.11 Å². The van der Waals surface area contributed by atoms with Crippen LogP contribution in [0.3, 0.4) is 0 Å². The van der Waals surface area contributed by atoms with Crippen molar-refractivity contribution in [1.29, 1.82) is 0 Å². The molecular formula is C22H22BrN3O2S. The fourth-order valence-electron chi connectivity index (χ4n) is 3.67. The van der Waals surface area contributed by atoms with E-state index in [0.717, 1.165) is 28.6 Å². The maximum Gasteiger partial charge on any atom is 0.255 e. The second-order valence-electron chi connectivity index (χ2n) is 7.19. The number of allylic oxidation sites excluding steroid dienone is 1. The number of ether oxygens (including phenoxy) is 1. The molecule has 7 heteroatoms. The molecule has 1 heterocycles. The summed E-state index contributed by atoms with van der Waals surface area (Å²) in [6.45, 7) is 1.98. The molecular weight excluding hydrogens is 450 g/mol. The van der Waals surface area contributed by atoms with E-state index in [4.69, 9.17) is 17.0 Å². The highest BCUT2D eigenvalue weighted by Crippen LogP contribution is 2.38. The van der Waals surface area contributed by atoms with Crippen molar-refractivity contribution in [2.24, 2.45) is 0 Å². The minimum atomic E-state index is -0.319. The number of nitrogens with zero attached hydrogens (tertiary/aromatic N) is 1. The highest BCUT2D eigenvalue weighted by molar-refractivity contribution is 9.10. The van der Waals surface area contributed by atoms with Gasteiger partial charge in [0.2, 0.25) is 0 Å². The van der Waals surface area contributed by atoms with Crippen molar-refractivity contribution in [3.05, 3.63) is 69.8 Å². The number of amides is 1. The summed E-state index contributed by atoms with van der Waals surface area (Å²) in [4.78, 5) is 15.5. The van der Waals surface area contributed by atoms with Crippen LogP contribution < -0.4 is 15.4 Å². The van der Waals surface area contributed by atoms with Crippen LogP contribution in [-0.2, 0) is 4.79 Å². The predicted molar refractivity (Wildman–Crippen MR) is 122 cm³/mol. The number of hydrogen-bond acceptors (Lipinski definition) is 3. The second kappa shape index (κ2) is 8.16. The number of para-hydroxylation sites is 2. The van der Waals surface area contributed by atoms with Crippen LogP contribution >= 0.6 is 28.1 Å². The molecule has 2 aliphatic rings. The van der Waals surface area contributed by atoms with E-state index in [1.165, 1.54) is 0 Å². The molecule has 0 aromatic heterocycles. The molecule has 29 heavy (non-hydrogen) atoms. The number of methoxy groups -OCH3 is 1. The van der Waals surface area contributed by atoms with Gasteiger partial charge in [0.05, 0.1) is 24.4 Å². The average molecular weight is 472 g/mol. The third kappa shape index (κ3) is 4.02. The molecule has 4 rings (SSSR count). The summed E-state index contributed by atoms with van der Waals surface area (Å²) in [5, 5.41) is 7.09. The van der Waals surface area contributed by atoms with E-state index in [9.17, 15) is 4.79 Å². The average Bonchev–Trinajstić information content (AvgIpc) is 3.53. The van der Waals surface area contributed by atoms with Crippen molar-refractivity contribution in [1.82, 2.24) is 10.2 Å². The van der Waals surface area contributed by atoms with Gasteiger partial charge >= 0.3 is 0 Å². The first-order chi connectivity index (χ1) is 14.0. The smallest absolute Gasteiger partial charge is 0.255 e. The van der Waals surface area contributed by atoms with Crippen molar-refractivity contribution in [3.8, 4) is 5.75 Å². The van der Waals surface area contributed by atoms with Crippen molar-refractivity contribution < 1.29 is 9.53 Å². The zero-order chi connectivity index (χ0) is 20.5. The van der Waals surface area contributed by atoms with Gasteiger partial charge in [-0.3, -0.25) is 4.79 Å². The Morgan fingerprint density at radius 2 is 1.90 bits per heavy atom. The van der Waals surface area contributed by atoms with Gasteiger partial charge in [0.1, 0.15) is 5.75 Å². The standard InChI is InChI=1S/C22H22BrN3O2S/c1-13-19(21(27)24-17-5-3-4-6-18(17)28-2)20(14-7-9-15(23)10-8-14)25-22(29)26(13)16-11-12-16/h3-10,16,20H,11-12H2,1-2H3,(H,24,27)(H,25,29). The number of halogens is 1. The molecule has 1 saturated carbocycles. The molecule has 1 amide bonds. The third-order valence-corrected chi connectivity index (χ3v) is 6.08. The minimum absolute atomic E-state index is 0.166. The monoisotopic (exact) mass is 471 g/mol. The summed E-state index contributed by atoms with van der Waals surface area (Å²) in [6, 6.07) is 15.4. The Bertz CT molecular complexity index is 986. The Hall–Kier alpha value is -2.38. The molecule has 0 radical (unpaired) electrons. The summed E-state index contributed by atoms with van der Waals surface area (Å²) in [6.07, 6.45) is 2.17. The molecule has 2 aromatic rings. The molecule has 1 unspecified atom stereocenters. The van der Waals surface area contributed by atoms with Crippen molar-refractivity contribution >= 4 is 44.9 Å². The van der Waals surface area contributed by atoms with Gasteiger partial charge in [-0.2, -0.15) is 0 Å². The van der Waals surface area contributed by atoms with Crippen LogP contribution in [0.1, 0.15) is 31.4 Å². The van der Waals surface area contributed by atoms with Crippen LogP contribution in [-0.4, -0.2) is 29.1 Å². The van der Waals surface area contributed by atoms with Crippen molar-refractivity contribution in [2.45, 2.75) is 31.8 Å². The summed E-state index contributed by atoms with van der Waals surface area (Å²) in [5.41, 5.74) is 3.19. The Kier molecular flexibility index (Phi) is 5.61. The second-order valence-corrected chi connectivity index (χ2v) is 8.49. The van der Waals surface area contributed by atoms with Crippen LogP contribution in [0.25, 0.3) is 0 Å². The molecule has 150 valence electrons. The number of carbonyl (C=O) groups is 1. The maximum absolute atomic E-state index is 13.4.